The van der Waals surface area contributed by atoms with Gasteiger partial charge in [-0.05, 0) is 36.1 Å². The van der Waals surface area contributed by atoms with Crippen LogP contribution in [0, 0.1) is 6.92 Å². The zero-order chi connectivity index (χ0) is 17.9. The molecule has 0 aliphatic heterocycles. The quantitative estimate of drug-likeness (QED) is 0.716. The van der Waals surface area contributed by atoms with Crippen molar-refractivity contribution in [2.24, 2.45) is 0 Å². The standard InChI is InChI=1S/C17H17N3O3S2/c1-12-3-4-15(23-2)16(9-12)25(21,22)20-10-14-17(19-7-6-18-14)13-5-8-24-11-13/h3-9,11,20H,10H2,1-2H3. The number of sulfonamides is 1. The Kier molecular flexibility index (Phi) is 5.12. The number of benzene rings is 1. The molecule has 0 saturated heterocycles. The normalized spacial score (nSPS) is 11.4. The summed E-state index contributed by atoms with van der Waals surface area (Å²) in [5, 5.41) is 3.89. The Morgan fingerprint density at radius 2 is 2.00 bits per heavy atom. The Morgan fingerprint density at radius 1 is 1.20 bits per heavy atom. The van der Waals surface area contributed by atoms with Crippen LogP contribution >= 0.6 is 11.3 Å². The van der Waals surface area contributed by atoms with E-state index in [-0.39, 0.29) is 11.4 Å². The van der Waals surface area contributed by atoms with Crippen molar-refractivity contribution in [3.8, 4) is 17.0 Å². The summed E-state index contributed by atoms with van der Waals surface area (Å²) in [5.41, 5.74) is 2.99. The zero-order valence-corrected chi connectivity index (χ0v) is 15.4. The molecule has 0 spiro atoms. The van der Waals surface area contributed by atoms with Gasteiger partial charge < -0.3 is 4.74 Å². The molecule has 130 valence electrons. The first-order valence-corrected chi connectivity index (χ1v) is 9.90. The van der Waals surface area contributed by atoms with Crippen molar-refractivity contribution in [3.63, 3.8) is 0 Å². The van der Waals surface area contributed by atoms with E-state index in [9.17, 15) is 8.42 Å². The number of nitrogens with zero attached hydrogens (tertiary/aromatic N) is 2. The lowest BCUT2D eigenvalue weighted by Crippen LogP contribution is -2.24. The highest BCUT2D eigenvalue weighted by Gasteiger charge is 2.20. The van der Waals surface area contributed by atoms with Gasteiger partial charge in [0.1, 0.15) is 10.6 Å². The van der Waals surface area contributed by atoms with Crippen molar-refractivity contribution in [2.45, 2.75) is 18.4 Å². The van der Waals surface area contributed by atoms with Crippen LogP contribution in [0.4, 0.5) is 0 Å². The first kappa shape index (κ1) is 17.5. The molecule has 0 bridgehead atoms. The lowest BCUT2D eigenvalue weighted by atomic mass is 10.2. The van der Waals surface area contributed by atoms with Crippen molar-refractivity contribution in [2.75, 3.05) is 7.11 Å². The SMILES string of the molecule is COc1ccc(C)cc1S(=O)(=O)NCc1nccnc1-c1ccsc1. The summed E-state index contributed by atoms with van der Waals surface area (Å²) in [5.74, 6) is 0.301. The van der Waals surface area contributed by atoms with Gasteiger partial charge in [0.15, 0.2) is 0 Å². The fourth-order valence-corrected chi connectivity index (χ4v) is 4.25. The molecule has 0 aliphatic rings. The fourth-order valence-electron chi connectivity index (χ4n) is 2.37. The van der Waals surface area contributed by atoms with Crippen LogP contribution in [-0.4, -0.2) is 25.5 Å². The largest absolute Gasteiger partial charge is 0.495 e. The summed E-state index contributed by atoms with van der Waals surface area (Å²) in [6, 6.07) is 6.95. The highest BCUT2D eigenvalue weighted by Crippen LogP contribution is 2.26. The van der Waals surface area contributed by atoms with E-state index in [1.165, 1.54) is 7.11 Å². The Bertz CT molecular complexity index is 971. The van der Waals surface area contributed by atoms with Crippen LogP contribution in [0.25, 0.3) is 11.3 Å². The number of aromatic nitrogens is 2. The summed E-state index contributed by atoms with van der Waals surface area (Å²) >= 11 is 1.55. The number of hydrogen-bond donors (Lipinski definition) is 1. The van der Waals surface area contributed by atoms with Crippen molar-refractivity contribution >= 4 is 21.4 Å². The van der Waals surface area contributed by atoms with E-state index >= 15 is 0 Å². The second-order valence-electron chi connectivity index (χ2n) is 5.34. The van der Waals surface area contributed by atoms with Gasteiger partial charge in [0.2, 0.25) is 10.0 Å². The third-order valence-electron chi connectivity index (χ3n) is 3.61. The van der Waals surface area contributed by atoms with Gasteiger partial charge in [-0.1, -0.05) is 6.07 Å². The van der Waals surface area contributed by atoms with Crippen molar-refractivity contribution in [1.29, 1.82) is 0 Å². The molecular weight excluding hydrogens is 358 g/mol. The van der Waals surface area contributed by atoms with Gasteiger partial charge in [-0.15, -0.1) is 0 Å². The van der Waals surface area contributed by atoms with Crippen LogP contribution in [0.5, 0.6) is 5.75 Å². The van der Waals surface area contributed by atoms with Crippen LogP contribution in [0.2, 0.25) is 0 Å². The first-order chi connectivity index (χ1) is 12.0. The molecule has 25 heavy (non-hydrogen) atoms. The summed E-state index contributed by atoms with van der Waals surface area (Å²) in [4.78, 5) is 8.71. The molecule has 1 N–H and O–H groups in total. The van der Waals surface area contributed by atoms with E-state index in [0.29, 0.717) is 17.1 Å². The topological polar surface area (TPSA) is 81.2 Å². The molecule has 0 amide bonds. The third-order valence-corrected chi connectivity index (χ3v) is 5.71. The van der Waals surface area contributed by atoms with E-state index in [1.807, 2.05) is 23.8 Å². The van der Waals surface area contributed by atoms with Crippen LogP contribution in [0.1, 0.15) is 11.3 Å². The van der Waals surface area contributed by atoms with Crippen molar-refractivity contribution < 1.29 is 13.2 Å². The number of thiophene rings is 1. The molecule has 2 aromatic heterocycles. The predicted octanol–water partition coefficient (Wildman–Crippen LogP) is 3.00. The minimum atomic E-state index is -3.75. The Balaban J connectivity index is 1.88. The van der Waals surface area contributed by atoms with E-state index < -0.39 is 10.0 Å². The minimum absolute atomic E-state index is 0.0401. The molecule has 0 fully saturated rings. The van der Waals surface area contributed by atoms with Crippen LogP contribution in [0.15, 0.2) is 52.3 Å². The average molecular weight is 375 g/mol. The molecule has 3 rings (SSSR count). The maximum atomic E-state index is 12.7. The number of aryl methyl sites for hydroxylation is 1. The van der Waals surface area contributed by atoms with E-state index in [2.05, 4.69) is 14.7 Å². The smallest absolute Gasteiger partial charge is 0.244 e. The highest BCUT2D eigenvalue weighted by molar-refractivity contribution is 7.89. The molecule has 6 nitrogen and oxygen atoms in total. The van der Waals surface area contributed by atoms with Crippen molar-refractivity contribution in [1.82, 2.24) is 14.7 Å². The van der Waals surface area contributed by atoms with Crippen molar-refractivity contribution in [3.05, 3.63) is 58.7 Å². The zero-order valence-electron chi connectivity index (χ0n) is 13.8. The van der Waals surface area contributed by atoms with Gasteiger partial charge in [-0.3, -0.25) is 9.97 Å². The molecular formula is C17H17N3O3S2. The molecule has 8 heteroatoms. The second-order valence-corrected chi connectivity index (χ2v) is 7.86. The van der Waals surface area contributed by atoms with Gasteiger partial charge in [-0.25, -0.2) is 13.1 Å². The van der Waals surface area contributed by atoms with Crippen LogP contribution in [0.3, 0.4) is 0 Å². The molecule has 2 heterocycles. The first-order valence-electron chi connectivity index (χ1n) is 7.48. The number of methoxy groups -OCH3 is 1. The lowest BCUT2D eigenvalue weighted by molar-refractivity contribution is 0.402. The van der Waals surface area contributed by atoms with Crippen LogP contribution < -0.4 is 9.46 Å². The van der Waals surface area contributed by atoms with E-state index in [1.54, 1.807) is 41.9 Å². The summed E-state index contributed by atoms with van der Waals surface area (Å²) in [6.07, 6.45) is 3.14. The Labute approximate surface area is 150 Å². The van der Waals surface area contributed by atoms with Gasteiger partial charge in [-0.2, -0.15) is 11.3 Å². The van der Waals surface area contributed by atoms with Gasteiger partial charge >= 0.3 is 0 Å². The molecule has 1 aromatic carbocycles. The number of hydrogen-bond acceptors (Lipinski definition) is 6. The number of nitrogens with one attached hydrogen (secondary N) is 1. The summed E-state index contributed by atoms with van der Waals surface area (Å²) in [6.45, 7) is 1.87. The minimum Gasteiger partial charge on any atom is -0.495 e. The Hall–Kier alpha value is -2.29. The van der Waals surface area contributed by atoms with E-state index in [0.717, 1.165) is 11.1 Å². The van der Waals surface area contributed by atoms with Gasteiger partial charge in [0.05, 0.1) is 25.0 Å². The summed E-state index contributed by atoms with van der Waals surface area (Å²) in [7, 11) is -2.30. The summed E-state index contributed by atoms with van der Waals surface area (Å²) < 4.78 is 33.2. The van der Waals surface area contributed by atoms with E-state index in [4.69, 9.17) is 4.74 Å². The molecule has 0 radical (unpaired) electrons. The fraction of sp³-hybridized carbons (Fsp3) is 0.176. The number of ether oxygens (including phenoxy) is 1. The third kappa shape index (κ3) is 3.87. The second kappa shape index (κ2) is 7.30. The maximum absolute atomic E-state index is 12.7. The molecule has 0 unspecified atom stereocenters. The average Bonchev–Trinajstić information content (AvgIpc) is 3.15. The molecule has 0 aliphatic carbocycles. The molecule has 3 aromatic rings. The lowest BCUT2D eigenvalue weighted by Gasteiger charge is -2.12. The molecule has 0 atom stereocenters. The highest BCUT2D eigenvalue weighted by atomic mass is 32.2. The maximum Gasteiger partial charge on any atom is 0.244 e. The van der Waals surface area contributed by atoms with Gasteiger partial charge in [0, 0.05) is 23.3 Å². The van der Waals surface area contributed by atoms with Gasteiger partial charge in [0.25, 0.3) is 0 Å². The predicted molar refractivity (Wildman–Crippen MR) is 97.1 cm³/mol. The van der Waals surface area contributed by atoms with Crippen LogP contribution in [-0.2, 0) is 16.6 Å². The molecule has 0 saturated carbocycles. The monoisotopic (exact) mass is 375 g/mol. The Morgan fingerprint density at radius 3 is 2.72 bits per heavy atom. The number of rotatable bonds is 6.